The first kappa shape index (κ1) is 18.8. The number of esters is 1. The topological polar surface area (TPSA) is 64.2 Å². The van der Waals surface area contributed by atoms with E-state index in [0.29, 0.717) is 11.6 Å². The average Bonchev–Trinajstić information content (AvgIpc) is 3.30. The van der Waals surface area contributed by atoms with Gasteiger partial charge in [0.2, 0.25) is 0 Å². The van der Waals surface area contributed by atoms with Gasteiger partial charge in [0.15, 0.2) is 5.69 Å². The molecule has 0 spiro atoms. The number of H-pyrrole nitrogens is 1. The van der Waals surface area contributed by atoms with Gasteiger partial charge in [-0.3, -0.25) is 0 Å². The lowest BCUT2D eigenvalue weighted by Gasteiger charge is -2.09. The van der Waals surface area contributed by atoms with Crippen LogP contribution in [0.1, 0.15) is 16.1 Å². The van der Waals surface area contributed by atoms with Crippen molar-refractivity contribution in [1.82, 2.24) is 9.97 Å². The molecule has 0 aliphatic carbocycles. The molecule has 0 fully saturated rings. The maximum atomic E-state index is 12.0. The Morgan fingerprint density at radius 2 is 1.72 bits per heavy atom. The minimum Gasteiger partial charge on any atom is -0.489 e. The van der Waals surface area contributed by atoms with Crippen LogP contribution in [0.3, 0.4) is 0 Å². The van der Waals surface area contributed by atoms with Crippen LogP contribution < -0.4 is 9.47 Å². The van der Waals surface area contributed by atoms with E-state index >= 15 is 0 Å². The number of ether oxygens (including phenoxy) is 2. The minimum atomic E-state index is -0.569. The summed E-state index contributed by atoms with van der Waals surface area (Å²) in [6, 6.07) is 23.0. The summed E-state index contributed by atoms with van der Waals surface area (Å²) in [5, 5.41) is 0.343. The summed E-state index contributed by atoms with van der Waals surface area (Å²) in [7, 11) is 0. The number of imidazole rings is 1. The Morgan fingerprint density at radius 3 is 2.41 bits per heavy atom. The number of carbonyl (C=O) groups is 1. The summed E-state index contributed by atoms with van der Waals surface area (Å²) >= 11 is 6.30. The lowest BCUT2D eigenvalue weighted by Crippen LogP contribution is -2.09. The maximum absolute atomic E-state index is 12.0. The SMILES string of the molecule is O=C(Oc1ccc(-c2ccc(OCc3ccccc3)cc2)cc1Cl)c1c[nH]cn1. The highest BCUT2D eigenvalue weighted by atomic mass is 35.5. The summed E-state index contributed by atoms with van der Waals surface area (Å²) in [4.78, 5) is 18.6. The molecule has 6 heteroatoms. The quantitative estimate of drug-likeness (QED) is 0.339. The van der Waals surface area contributed by atoms with E-state index in [0.717, 1.165) is 22.4 Å². The van der Waals surface area contributed by atoms with Crippen LogP contribution in [0.4, 0.5) is 0 Å². The van der Waals surface area contributed by atoms with Crippen LogP contribution in [0, 0.1) is 0 Å². The number of aromatic nitrogens is 2. The Balaban J connectivity index is 1.43. The Bertz CT molecular complexity index is 1090. The Hall–Kier alpha value is -3.57. The molecule has 0 atom stereocenters. The zero-order valence-corrected chi connectivity index (χ0v) is 16.1. The van der Waals surface area contributed by atoms with Gasteiger partial charge in [0.1, 0.15) is 18.1 Å². The Morgan fingerprint density at radius 1 is 0.966 bits per heavy atom. The van der Waals surface area contributed by atoms with Crippen molar-refractivity contribution < 1.29 is 14.3 Å². The predicted octanol–water partition coefficient (Wildman–Crippen LogP) is 5.53. The van der Waals surface area contributed by atoms with Gasteiger partial charge in [-0.25, -0.2) is 9.78 Å². The number of hydrogen-bond acceptors (Lipinski definition) is 4. The third kappa shape index (κ3) is 4.65. The summed E-state index contributed by atoms with van der Waals surface area (Å²) in [5.74, 6) is 0.500. The van der Waals surface area contributed by atoms with Crippen LogP contribution in [0.15, 0.2) is 85.3 Å². The van der Waals surface area contributed by atoms with E-state index in [1.165, 1.54) is 12.5 Å². The van der Waals surface area contributed by atoms with Crippen molar-refractivity contribution in [2.45, 2.75) is 6.61 Å². The number of rotatable bonds is 6. The zero-order chi connectivity index (χ0) is 20.1. The first-order valence-electron chi connectivity index (χ1n) is 8.97. The van der Waals surface area contributed by atoms with Gasteiger partial charge in [0.05, 0.1) is 11.3 Å². The molecule has 1 heterocycles. The normalized spacial score (nSPS) is 10.5. The van der Waals surface area contributed by atoms with Gasteiger partial charge in [-0.05, 0) is 41.0 Å². The van der Waals surface area contributed by atoms with Crippen molar-refractivity contribution in [1.29, 1.82) is 0 Å². The fraction of sp³-hybridized carbons (Fsp3) is 0.0435. The van der Waals surface area contributed by atoms with Crippen molar-refractivity contribution in [2.24, 2.45) is 0 Å². The van der Waals surface area contributed by atoms with E-state index in [9.17, 15) is 4.79 Å². The predicted molar refractivity (Wildman–Crippen MR) is 111 cm³/mol. The molecule has 4 aromatic rings. The van der Waals surface area contributed by atoms with Gasteiger partial charge in [0.25, 0.3) is 0 Å². The van der Waals surface area contributed by atoms with E-state index in [-0.39, 0.29) is 11.4 Å². The third-order valence-electron chi connectivity index (χ3n) is 4.28. The van der Waals surface area contributed by atoms with E-state index in [4.69, 9.17) is 21.1 Å². The van der Waals surface area contributed by atoms with Crippen LogP contribution in [0.25, 0.3) is 11.1 Å². The first-order chi connectivity index (χ1) is 14.2. The fourth-order valence-corrected chi connectivity index (χ4v) is 2.99. The number of halogens is 1. The van der Waals surface area contributed by atoms with Crippen molar-refractivity contribution in [3.63, 3.8) is 0 Å². The number of benzene rings is 3. The number of aromatic amines is 1. The molecule has 0 saturated carbocycles. The van der Waals surface area contributed by atoms with Crippen molar-refractivity contribution in [3.05, 3.63) is 102 Å². The second-order valence-corrected chi connectivity index (χ2v) is 6.70. The smallest absolute Gasteiger partial charge is 0.363 e. The van der Waals surface area contributed by atoms with Gasteiger partial charge in [-0.2, -0.15) is 0 Å². The van der Waals surface area contributed by atoms with Crippen LogP contribution >= 0.6 is 11.6 Å². The molecule has 0 saturated heterocycles. The highest BCUT2D eigenvalue weighted by Gasteiger charge is 2.13. The van der Waals surface area contributed by atoms with E-state index in [2.05, 4.69) is 9.97 Å². The van der Waals surface area contributed by atoms with Gasteiger partial charge in [-0.1, -0.05) is 60.1 Å². The molecule has 1 N–H and O–H groups in total. The summed E-state index contributed by atoms with van der Waals surface area (Å²) in [6.07, 6.45) is 2.88. The molecule has 0 radical (unpaired) electrons. The Kier molecular flexibility index (Phi) is 5.59. The van der Waals surface area contributed by atoms with E-state index < -0.39 is 5.97 Å². The molecule has 1 aromatic heterocycles. The third-order valence-corrected chi connectivity index (χ3v) is 4.57. The highest BCUT2D eigenvalue weighted by Crippen LogP contribution is 2.31. The van der Waals surface area contributed by atoms with E-state index in [1.54, 1.807) is 12.1 Å². The monoisotopic (exact) mass is 404 g/mol. The minimum absolute atomic E-state index is 0.191. The van der Waals surface area contributed by atoms with Crippen molar-refractivity contribution in [3.8, 4) is 22.6 Å². The first-order valence-corrected chi connectivity index (χ1v) is 9.34. The van der Waals surface area contributed by atoms with Gasteiger partial charge in [0, 0.05) is 6.20 Å². The second-order valence-electron chi connectivity index (χ2n) is 6.29. The van der Waals surface area contributed by atoms with Crippen molar-refractivity contribution >= 4 is 17.6 Å². The van der Waals surface area contributed by atoms with Crippen LogP contribution in [0.5, 0.6) is 11.5 Å². The van der Waals surface area contributed by atoms with Gasteiger partial charge < -0.3 is 14.5 Å². The largest absolute Gasteiger partial charge is 0.489 e. The fourth-order valence-electron chi connectivity index (χ4n) is 2.77. The van der Waals surface area contributed by atoms with Crippen LogP contribution in [0.2, 0.25) is 5.02 Å². The molecule has 0 aliphatic rings. The summed E-state index contributed by atoms with van der Waals surface area (Å²) in [6.45, 7) is 0.516. The number of nitrogens with zero attached hydrogens (tertiary/aromatic N) is 1. The summed E-state index contributed by atoms with van der Waals surface area (Å²) in [5.41, 5.74) is 3.19. The molecule has 5 nitrogen and oxygen atoms in total. The van der Waals surface area contributed by atoms with Crippen LogP contribution in [-0.2, 0) is 6.61 Å². The molecule has 29 heavy (non-hydrogen) atoms. The number of carbonyl (C=O) groups excluding carboxylic acids is 1. The molecule has 4 rings (SSSR count). The molecule has 0 aliphatic heterocycles. The van der Waals surface area contributed by atoms with Crippen LogP contribution in [-0.4, -0.2) is 15.9 Å². The number of nitrogens with one attached hydrogen (secondary N) is 1. The lowest BCUT2D eigenvalue weighted by atomic mass is 10.1. The van der Waals surface area contributed by atoms with Gasteiger partial charge >= 0.3 is 5.97 Å². The van der Waals surface area contributed by atoms with Crippen molar-refractivity contribution in [2.75, 3.05) is 0 Å². The summed E-state index contributed by atoms with van der Waals surface area (Å²) < 4.78 is 11.1. The standard InChI is InChI=1S/C23H17ClN2O3/c24-20-12-18(8-11-22(20)29-23(27)21-13-25-15-26-21)17-6-9-19(10-7-17)28-14-16-4-2-1-3-5-16/h1-13,15H,14H2,(H,25,26). The molecule has 3 aromatic carbocycles. The van der Waals surface area contributed by atoms with Gasteiger partial charge in [-0.15, -0.1) is 0 Å². The molecule has 0 amide bonds. The average molecular weight is 405 g/mol. The highest BCUT2D eigenvalue weighted by molar-refractivity contribution is 6.32. The lowest BCUT2D eigenvalue weighted by molar-refractivity contribution is 0.0729. The zero-order valence-electron chi connectivity index (χ0n) is 15.3. The Labute approximate surface area is 172 Å². The molecule has 144 valence electrons. The molecular weight excluding hydrogens is 388 g/mol. The second kappa shape index (κ2) is 8.63. The molecule has 0 unspecified atom stereocenters. The maximum Gasteiger partial charge on any atom is 0.363 e. The number of hydrogen-bond donors (Lipinski definition) is 1. The molecular formula is C23H17ClN2O3. The molecule has 0 bridgehead atoms. The van der Waals surface area contributed by atoms with E-state index in [1.807, 2.05) is 60.7 Å².